The number of nitrogens with one attached hydrogen (secondary N) is 1. The van der Waals surface area contributed by atoms with Gasteiger partial charge in [0.15, 0.2) is 0 Å². The maximum Gasteiger partial charge on any atom is 0.326 e. The molecule has 2 saturated heterocycles. The van der Waals surface area contributed by atoms with E-state index in [1.165, 1.54) is 11.1 Å². The van der Waals surface area contributed by atoms with Crippen molar-refractivity contribution in [1.82, 2.24) is 15.1 Å². The third-order valence-electron chi connectivity index (χ3n) is 6.16. The maximum absolute atomic E-state index is 10.7. The van der Waals surface area contributed by atoms with Gasteiger partial charge in [0.05, 0.1) is 12.6 Å². The topological polar surface area (TPSA) is 125 Å². The van der Waals surface area contributed by atoms with E-state index in [2.05, 4.69) is 51.5 Å². The minimum Gasteiger partial charge on any atom is -0.480 e. The summed E-state index contributed by atoms with van der Waals surface area (Å²) in [5, 5.41) is 11.4. The van der Waals surface area contributed by atoms with E-state index in [1.54, 1.807) is 0 Å². The maximum atomic E-state index is 10.7. The Labute approximate surface area is 216 Å². The monoisotopic (exact) mass is 516 g/mol. The van der Waals surface area contributed by atoms with Gasteiger partial charge in [-0.25, -0.2) is 4.79 Å². The van der Waals surface area contributed by atoms with Gasteiger partial charge in [-0.05, 0) is 29.7 Å². The predicted molar refractivity (Wildman–Crippen MR) is 137 cm³/mol. The van der Waals surface area contributed by atoms with Gasteiger partial charge in [0.25, 0.3) is 0 Å². The number of benzene rings is 2. The minimum atomic E-state index is -0.944. The number of ether oxygens (including phenoxy) is 1. The summed E-state index contributed by atoms with van der Waals surface area (Å²) in [5.74, 6) is -1.53. The molecule has 2 aliphatic heterocycles. The van der Waals surface area contributed by atoms with Gasteiger partial charge in [0.2, 0.25) is 11.8 Å². The Morgan fingerprint density at radius 2 is 1.69 bits per heavy atom. The first-order valence-electron chi connectivity index (χ1n) is 12.0. The fourth-order valence-corrected chi connectivity index (χ4v) is 4.43. The highest BCUT2D eigenvalue weighted by Crippen LogP contribution is 2.30. The van der Waals surface area contributed by atoms with Crippen molar-refractivity contribution in [3.8, 4) is 0 Å². The number of aliphatic carboxylic acids is 1. The molecular weight excluding hydrogens is 484 g/mol. The third kappa shape index (κ3) is 8.60. The molecule has 4 rings (SSSR count). The van der Waals surface area contributed by atoms with Crippen molar-refractivity contribution in [3.05, 3.63) is 70.7 Å². The van der Waals surface area contributed by atoms with Crippen LogP contribution in [0.25, 0.3) is 0 Å². The Morgan fingerprint density at radius 1 is 1.06 bits per heavy atom. The molecule has 2 aliphatic rings. The lowest BCUT2D eigenvalue weighted by molar-refractivity contribution is -0.140. The number of carboxylic acids is 1. The second kappa shape index (κ2) is 13.9. The van der Waals surface area contributed by atoms with E-state index >= 15 is 0 Å². The van der Waals surface area contributed by atoms with Crippen molar-refractivity contribution in [1.29, 1.82) is 0 Å². The summed E-state index contributed by atoms with van der Waals surface area (Å²) in [5.41, 5.74) is 7.63. The molecular formula is C26H33ClN4O5. The number of nitrogens with zero attached hydrogens (tertiary/aromatic N) is 2. The smallest absolute Gasteiger partial charge is 0.326 e. The zero-order valence-corrected chi connectivity index (χ0v) is 20.9. The highest BCUT2D eigenvalue weighted by atomic mass is 35.5. The molecule has 194 valence electrons. The molecule has 36 heavy (non-hydrogen) atoms. The van der Waals surface area contributed by atoms with Crippen molar-refractivity contribution in [2.24, 2.45) is 5.73 Å². The van der Waals surface area contributed by atoms with Crippen LogP contribution in [-0.4, -0.2) is 84.7 Å². The number of halogens is 1. The Hall–Kier alpha value is -2.98. The summed E-state index contributed by atoms with van der Waals surface area (Å²) in [6, 6.07) is 18.3. The number of hydrogen-bond acceptors (Lipinski definition) is 6. The Balaban J connectivity index is 0.000000338. The van der Waals surface area contributed by atoms with E-state index in [4.69, 9.17) is 27.2 Å². The van der Waals surface area contributed by atoms with Gasteiger partial charge >= 0.3 is 5.97 Å². The van der Waals surface area contributed by atoms with Crippen LogP contribution in [0.4, 0.5) is 0 Å². The average molecular weight is 517 g/mol. The van der Waals surface area contributed by atoms with E-state index in [1.807, 2.05) is 18.2 Å². The quantitative estimate of drug-likeness (QED) is 0.435. The zero-order valence-electron chi connectivity index (χ0n) is 20.1. The molecule has 0 bridgehead atoms. The summed E-state index contributed by atoms with van der Waals surface area (Å²) >= 11 is 6.09. The Morgan fingerprint density at radius 3 is 2.22 bits per heavy atom. The molecule has 0 spiro atoms. The van der Waals surface area contributed by atoms with Gasteiger partial charge in [-0.3, -0.25) is 19.4 Å². The van der Waals surface area contributed by atoms with Crippen LogP contribution in [0.1, 0.15) is 30.0 Å². The molecule has 2 aromatic carbocycles. The average Bonchev–Trinajstić information content (AvgIpc) is 3.32. The van der Waals surface area contributed by atoms with E-state index in [0.29, 0.717) is 19.4 Å². The van der Waals surface area contributed by atoms with E-state index < -0.39 is 17.9 Å². The standard InChI is InChI=1S/C21H26ClN3O2.C5H7NO3/c22-19-8-6-18(7-9-19)21(17-4-2-1-3-5-17)25-12-10-24(11-13-25)14-15-27-16-20(23)26;7-4-2-1-3(6-4)5(8)9/h1-9,21H,10-16H2,(H2,23,26);3H,1-2H2,(H,6,7)(H,8,9)/t21-;3-/m11/s1. The lowest BCUT2D eigenvalue weighted by Gasteiger charge is -2.39. The normalized spacial score (nSPS) is 19.1. The molecule has 0 saturated carbocycles. The Bertz CT molecular complexity index is 997. The van der Waals surface area contributed by atoms with Gasteiger partial charge in [-0.2, -0.15) is 0 Å². The second-order valence-corrected chi connectivity index (χ2v) is 9.19. The SMILES string of the molecule is NC(=O)COCCN1CCN([C@H](c2ccccc2)c2ccc(Cl)cc2)CC1.O=C1CC[C@H](C(=O)O)N1. The fraction of sp³-hybridized carbons (Fsp3) is 0.423. The number of primary amides is 1. The minimum absolute atomic E-state index is 0.00733. The number of rotatable bonds is 9. The first kappa shape index (κ1) is 27.6. The first-order valence-corrected chi connectivity index (χ1v) is 12.4. The van der Waals surface area contributed by atoms with Crippen LogP contribution in [0.2, 0.25) is 5.02 Å². The van der Waals surface area contributed by atoms with Crippen molar-refractivity contribution < 1.29 is 24.2 Å². The third-order valence-corrected chi connectivity index (χ3v) is 6.41. The molecule has 0 aromatic heterocycles. The number of carboxylic acid groups (broad SMARTS) is 1. The van der Waals surface area contributed by atoms with E-state index in [-0.39, 0.29) is 18.6 Å². The molecule has 9 nitrogen and oxygen atoms in total. The zero-order chi connectivity index (χ0) is 25.9. The lowest BCUT2D eigenvalue weighted by Crippen LogP contribution is -2.48. The summed E-state index contributed by atoms with van der Waals surface area (Å²) in [6.45, 7) is 5.22. The number of amides is 2. The van der Waals surface area contributed by atoms with Crippen molar-refractivity contribution in [2.75, 3.05) is 45.9 Å². The highest BCUT2D eigenvalue weighted by Gasteiger charge is 2.27. The van der Waals surface area contributed by atoms with Gasteiger partial charge in [0, 0.05) is 44.2 Å². The summed E-state index contributed by atoms with van der Waals surface area (Å²) in [7, 11) is 0. The van der Waals surface area contributed by atoms with E-state index in [9.17, 15) is 14.4 Å². The predicted octanol–water partition coefficient (Wildman–Crippen LogP) is 1.90. The molecule has 10 heteroatoms. The molecule has 0 radical (unpaired) electrons. The van der Waals surface area contributed by atoms with Gasteiger partial charge < -0.3 is 20.9 Å². The van der Waals surface area contributed by atoms with Crippen LogP contribution >= 0.6 is 11.6 Å². The van der Waals surface area contributed by atoms with Gasteiger partial charge in [-0.1, -0.05) is 54.1 Å². The molecule has 2 aromatic rings. The molecule has 4 N–H and O–H groups in total. The summed E-state index contributed by atoms with van der Waals surface area (Å²) in [6.07, 6.45) is 0.769. The van der Waals surface area contributed by atoms with Crippen molar-refractivity contribution in [2.45, 2.75) is 24.9 Å². The van der Waals surface area contributed by atoms with Crippen LogP contribution in [0.5, 0.6) is 0 Å². The van der Waals surface area contributed by atoms with Crippen LogP contribution in [0, 0.1) is 0 Å². The number of carbonyl (C=O) groups is 3. The lowest BCUT2D eigenvalue weighted by atomic mass is 9.96. The number of carbonyl (C=O) groups excluding carboxylic acids is 2. The van der Waals surface area contributed by atoms with Crippen molar-refractivity contribution >= 4 is 29.4 Å². The van der Waals surface area contributed by atoms with E-state index in [0.717, 1.165) is 37.7 Å². The molecule has 0 aliphatic carbocycles. The Kier molecular flexibility index (Phi) is 10.7. The molecule has 2 fully saturated rings. The number of nitrogens with two attached hydrogens (primary N) is 1. The van der Waals surface area contributed by atoms with Crippen molar-refractivity contribution in [3.63, 3.8) is 0 Å². The molecule has 2 atom stereocenters. The van der Waals surface area contributed by atoms with Crippen LogP contribution in [0.15, 0.2) is 54.6 Å². The summed E-state index contributed by atoms with van der Waals surface area (Å²) in [4.78, 5) is 36.1. The number of piperazine rings is 1. The van der Waals surface area contributed by atoms with Crippen LogP contribution in [0.3, 0.4) is 0 Å². The molecule has 2 amide bonds. The fourth-order valence-electron chi connectivity index (χ4n) is 4.31. The molecule has 2 heterocycles. The first-order chi connectivity index (χ1) is 17.3. The second-order valence-electron chi connectivity index (χ2n) is 8.76. The van der Waals surface area contributed by atoms with Crippen LogP contribution < -0.4 is 11.1 Å². The number of hydrogen-bond donors (Lipinski definition) is 3. The summed E-state index contributed by atoms with van der Waals surface area (Å²) < 4.78 is 5.28. The van der Waals surface area contributed by atoms with Gasteiger partial charge in [-0.15, -0.1) is 0 Å². The van der Waals surface area contributed by atoms with Crippen LogP contribution in [-0.2, 0) is 19.1 Å². The van der Waals surface area contributed by atoms with Gasteiger partial charge in [0.1, 0.15) is 12.6 Å². The highest BCUT2D eigenvalue weighted by molar-refractivity contribution is 6.30. The largest absolute Gasteiger partial charge is 0.480 e. The molecule has 0 unspecified atom stereocenters.